The molecule has 1 aliphatic rings. The average Bonchev–Trinajstić information content (AvgIpc) is 3.23. The quantitative estimate of drug-likeness (QED) is 0.826. The summed E-state index contributed by atoms with van der Waals surface area (Å²) in [5, 5.41) is 6.76. The Morgan fingerprint density at radius 1 is 1.24 bits per heavy atom. The number of rotatable bonds is 6. The van der Waals surface area contributed by atoms with Crippen LogP contribution in [-0.4, -0.2) is 16.5 Å². The second-order valence-electron chi connectivity index (χ2n) is 5.27. The van der Waals surface area contributed by atoms with Crippen molar-refractivity contribution in [3.63, 3.8) is 0 Å². The predicted octanol–water partition coefficient (Wildman–Crippen LogP) is 4.42. The van der Waals surface area contributed by atoms with Crippen molar-refractivity contribution in [1.82, 2.24) is 9.97 Å². The Labute approximate surface area is 134 Å². The summed E-state index contributed by atoms with van der Waals surface area (Å²) in [7, 11) is 0. The van der Waals surface area contributed by atoms with E-state index in [1.807, 2.05) is 12.1 Å². The fraction of sp³-hybridized carbons (Fsp3) is 0.467. The maximum absolute atomic E-state index is 5.97. The van der Waals surface area contributed by atoms with Crippen molar-refractivity contribution in [2.24, 2.45) is 0 Å². The van der Waals surface area contributed by atoms with Crippen molar-refractivity contribution in [1.29, 1.82) is 0 Å². The first-order valence-electron chi connectivity index (χ1n) is 7.28. The Morgan fingerprint density at radius 3 is 2.52 bits per heavy atom. The molecule has 0 radical (unpaired) electrons. The van der Waals surface area contributed by atoms with Gasteiger partial charge < -0.3 is 10.6 Å². The Hall–Kier alpha value is -1.33. The van der Waals surface area contributed by atoms with E-state index in [0.717, 1.165) is 40.4 Å². The number of nitrogens with one attached hydrogen (secondary N) is 2. The molecule has 0 atom stereocenters. The summed E-state index contributed by atoms with van der Waals surface area (Å²) in [6, 6.07) is 3.97. The maximum atomic E-state index is 5.97. The first-order valence-corrected chi connectivity index (χ1v) is 8.47. The highest BCUT2D eigenvalue weighted by atomic mass is 35.5. The van der Waals surface area contributed by atoms with E-state index in [-0.39, 0.29) is 0 Å². The number of hydrogen-bond donors (Lipinski definition) is 2. The Morgan fingerprint density at radius 2 is 1.95 bits per heavy atom. The van der Waals surface area contributed by atoms with E-state index in [9.17, 15) is 0 Å². The van der Waals surface area contributed by atoms with Crippen molar-refractivity contribution < 1.29 is 0 Å². The van der Waals surface area contributed by atoms with Gasteiger partial charge in [0.05, 0.1) is 10.9 Å². The van der Waals surface area contributed by atoms with Crippen LogP contribution in [0.15, 0.2) is 12.1 Å². The molecule has 0 amide bonds. The van der Waals surface area contributed by atoms with E-state index in [1.165, 1.54) is 17.7 Å². The summed E-state index contributed by atoms with van der Waals surface area (Å²) >= 11 is 7.56. The topological polar surface area (TPSA) is 49.8 Å². The van der Waals surface area contributed by atoms with Crippen LogP contribution in [0.3, 0.4) is 0 Å². The number of halogens is 1. The number of nitrogens with zero attached hydrogens (tertiary/aromatic N) is 2. The van der Waals surface area contributed by atoms with E-state index in [2.05, 4.69) is 29.5 Å². The minimum absolute atomic E-state index is 0.541. The molecule has 2 heterocycles. The third-order valence-corrected chi connectivity index (χ3v) is 4.74. The van der Waals surface area contributed by atoms with Crippen LogP contribution in [0.2, 0.25) is 4.34 Å². The molecule has 1 saturated carbocycles. The van der Waals surface area contributed by atoms with Gasteiger partial charge in [0.25, 0.3) is 0 Å². The Bertz CT molecular complexity index is 637. The largest absolute Gasteiger partial charge is 0.370 e. The maximum Gasteiger partial charge on any atom is 0.136 e. The molecule has 4 nitrogen and oxygen atoms in total. The molecule has 0 aliphatic heterocycles. The first kappa shape index (κ1) is 14.6. The molecular formula is C15H19ClN4S. The average molecular weight is 323 g/mol. The van der Waals surface area contributed by atoms with Crippen LogP contribution >= 0.6 is 22.9 Å². The summed E-state index contributed by atoms with van der Waals surface area (Å²) < 4.78 is 0.818. The molecule has 1 aliphatic carbocycles. The van der Waals surface area contributed by atoms with Crippen molar-refractivity contribution in [2.75, 3.05) is 17.2 Å². The smallest absolute Gasteiger partial charge is 0.136 e. The van der Waals surface area contributed by atoms with Gasteiger partial charge in [0.2, 0.25) is 0 Å². The monoisotopic (exact) mass is 322 g/mol. The van der Waals surface area contributed by atoms with E-state index < -0.39 is 0 Å². The van der Waals surface area contributed by atoms with Crippen LogP contribution in [0.1, 0.15) is 41.9 Å². The van der Waals surface area contributed by atoms with Crippen LogP contribution in [0.25, 0.3) is 0 Å². The molecule has 2 aromatic heterocycles. The number of hydrogen-bond acceptors (Lipinski definition) is 5. The third-order valence-electron chi connectivity index (χ3n) is 3.51. The number of thiophene rings is 1. The van der Waals surface area contributed by atoms with Gasteiger partial charge in [-0.25, -0.2) is 9.97 Å². The van der Waals surface area contributed by atoms with E-state index in [0.29, 0.717) is 5.92 Å². The first-order chi connectivity index (χ1) is 10.2. The van der Waals surface area contributed by atoms with Crippen LogP contribution in [0.5, 0.6) is 0 Å². The van der Waals surface area contributed by atoms with Gasteiger partial charge in [0.1, 0.15) is 17.5 Å². The molecule has 0 spiro atoms. The Balaban J connectivity index is 1.81. The van der Waals surface area contributed by atoms with Gasteiger partial charge in [-0.15, -0.1) is 11.3 Å². The SMILES string of the molecule is CCNc1nc(C2CC2)nc(NCc2ccc(Cl)s2)c1C. The number of aromatic nitrogens is 2. The highest BCUT2D eigenvalue weighted by molar-refractivity contribution is 7.16. The molecule has 2 N–H and O–H groups in total. The van der Waals surface area contributed by atoms with Gasteiger partial charge in [0, 0.05) is 22.9 Å². The zero-order valence-corrected chi connectivity index (χ0v) is 13.8. The van der Waals surface area contributed by atoms with Gasteiger partial charge >= 0.3 is 0 Å². The lowest BCUT2D eigenvalue weighted by Crippen LogP contribution is -2.10. The summed E-state index contributed by atoms with van der Waals surface area (Å²) in [4.78, 5) is 10.6. The van der Waals surface area contributed by atoms with Gasteiger partial charge in [-0.3, -0.25) is 0 Å². The molecule has 0 saturated heterocycles. The van der Waals surface area contributed by atoms with Gasteiger partial charge in [-0.2, -0.15) is 0 Å². The molecular weight excluding hydrogens is 304 g/mol. The fourth-order valence-electron chi connectivity index (χ4n) is 2.19. The lowest BCUT2D eigenvalue weighted by atomic mass is 10.2. The normalized spacial score (nSPS) is 14.2. The van der Waals surface area contributed by atoms with Gasteiger partial charge in [0.15, 0.2) is 0 Å². The second kappa shape index (κ2) is 6.20. The van der Waals surface area contributed by atoms with E-state index in [4.69, 9.17) is 16.6 Å². The highest BCUT2D eigenvalue weighted by Crippen LogP contribution is 2.39. The van der Waals surface area contributed by atoms with Crippen LogP contribution < -0.4 is 10.6 Å². The third kappa shape index (κ3) is 3.47. The fourth-order valence-corrected chi connectivity index (χ4v) is 3.21. The molecule has 2 aromatic rings. The summed E-state index contributed by atoms with van der Waals surface area (Å²) in [5.74, 6) is 3.37. The predicted molar refractivity (Wildman–Crippen MR) is 89.6 cm³/mol. The van der Waals surface area contributed by atoms with Crippen molar-refractivity contribution >= 4 is 34.6 Å². The lowest BCUT2D eigenvalue weighted by molar-refractivity contribution is 0.910. The lowest BCUT2D eigenvalue weighted by Gasteiger charge is -2.14. The molecule has 0 bridgehead atoms. The molecule has 21 heavy (non-hydrogen) atoms. The standard InChI is InChI=1S/C15H19ClN4S/c1-3-17-13-9(2)14(20-15(19-13)10-4-5-10)18-8-11-6-7-12(16)21-11/h6-7,10H,3-5,8H2,1-2H3,(H2,17,18,19,20). The Kier molecular flexibility index (Phi) is 4.31. The van der Waals surface area contributed by atoms with Gasteiger partial charge in [-0.1, -0.05) is 11.6 Å². The molecule has 112 valence electrons. The minimum atomic E-state index is 0.541. The second-order valence-corrected chi connectivity index (χ2v) is 7.07. The van der Waals surface area contributed by atoms with Gasteiger partial charge in [-0.05, 0) is 38.8 Å². The summed E-state index contributed by atoms with van der Waals surface area (Å²) in [6.45, 7) is 5.74. The zero-order valence-electron chi connectivity index (χ0n) is 12.2. The zero-order chi connectivity index (χ0) is 14.8. The molecule has 0 aromatic carbocycles. The molecule has 6 heteroatoms. The molecule has 3 rings (SSSR count). The summed E-state index contributed by atoms with van der Waals surface area (Å²) in [6.07, 6.45) is 2.41. The van der Waals surface area contributed by atoms with Crippen molar-refractivity contribution in [3.05, 3.63) is 32.7 Å². The number of anilines is 2. The van der Waals surface area contributed by atoms with Crippen LogP contribution in [0.4, 0.5) is 11.6 Å². The van der Waals surface area contributed by atoms with Crippen LogP contribution in [0, 0.1) is 6.92 Å². The minimum Gasteiger partial charge on any atom is -0.370 e. The summed E-state index contributed by atoms with van der Waals surface area (Å²) in [5.41, 5.74) is 1.07. The van der Waals surface area contributed by atoms with Crippen molar-refractivity contribution in [3.8, 4) is 0 Å². The van der Waals surface area contributed by atoms with Crippen molar-refractivity contribution in [2.45, 2.75) is 39.2 Å². The van der Waals surface area contributed by atoms with E-state index >= 15 is 0 Å². The molecule has 1 fully saturated rings. The van der Waals surface area contributed by atoms with Crippen LogP contribution in [-0.2, 0) is 6.54 Å². The highest BCUT2D eigenvalue weighted by Gasteiger charge is 2.28. The van der Waals surface area contributed by atoms with E-state index in [1.54, 1.807) is 11.3 Å². The molecule has 0 unspecified atom stereocenters.